The van der Waals surface area contributed by atoms with Gasteiger partial charge in [-0.3, -0.25) is 19.3 Å². The first-order valence-corrected chi connectivity index (χ1v) is 9.89. The maximum Gasteiger partial charge on any atom is 0.263 e. The lowest BCUT2D eigenvalue weighted by Gasteiger charge is -2.29. The monoisotopic (exact) mass is 415 g/mol. The van der Waals surface area contributed by atoms with E-state index in [2.05, 4.69) is 10.6 Å². The quantitative estimate of drug-likeness (QED) is 0.586. The van der Waals surface area contributed by atoms with Crippen molar-refractivity contribution in [3.8, 4) is 0 Å². The third kappa shape index (κ3) is 3.30. The number of carbonyl (C=O) groups excluding carboxylic acids is 3. The number of halogens is 1. The molecule has 8 heteroatoms. The zero-order valence-electron chi connectivity index (χ0n) is 15.0. The van der Waals surface area contributed by atoms with E-state index >= 15 is 0 Å². The first-order chi connectivity index (χ1) is 13.5. The number of imide groups is 1. The molecule has 0 unspecified atom stereocenters. The normalized spacial score (nSPS) is 20.0. The zero-order valence-corrected chi connectivity index (χ0v) is 16.5. The van der Waals surface area contributed by atoms with Gasteiger partial charge in [-0.2, -0.15) is 0 Å². The summed E-state index contributed by atoms with van der Waals surface area (Å²) in [5, 5.41) is 6.42. The number of piperidine rings is 1. The average Bonchev–Trinajstić information content (AvgIpc) is 2.95. The standard InChI is InChI=1S/C20H18ClN3O3S/c21-11-4-5-16(28)14(10-11)18(25)23-15-3-1-2-13-17(15)20(27)24(19(13)26)12-6-8-22-9-7-12/h1-4,10,12,22H,5-9H2,(H,23,25). The van der Waals surface area contributed by atoms with Gasteiger partial charge in [0.2, 0.25) is 0 Å². The van der Waals surface area contributed by atoms with Crippen molar-refractivity contribution in [3.63, 3.8) is 0 Å². The van der Waals surface area contributed by atoms with Crippen molar-refractivity contribution in [2.45, 2.75) is 25.3 Å². The number of rotatable bonds is 3. The predicted molar refractivity (Wildman–Crippen MR) is 111 cm³/mol. The first-order valence-electron chi connectivity index (χ1n) is 9.11. The second-order valence-corrected chi connectivity index (χ2v) is 7.85. The molecule has 2 aliphatic heterocycles. The van der Waals surface area contributed by atoms with Gasteiger partial charge in [0.05, 0.1) is 22.4 Å². The van der Waals surface area contributed by atoms with Crippen LogP contribution in [0, 0.1) is 0 Å². The van der Waals surface area contributed by atoms with Crippen molar-refractivity contribution in [2.75, 3.05) is 18.4 Å². The maximum atomic E-state index is 13.1. The van der Waals surface area contributed by atoms with Crippen LogP contribution in [-0.2, 0) is 4.79 Å². The number of hydrogen-bond acceptors (Lipinski definition) is 5. The smallest absolute Gasteiger partial charge is 0.263 e. The fourth-order valence-electron chi connectivity index (χ4n) is 3.76. The van der Waals surface area contributed by atoms with Crippen LogP contribution in [0.1, 0.15) is 40.0 Å². The lowest BCUT2D eigenvalue weighted by molar-refractivity contribution is -0.112. The fraction of sp³-hybridized carbons (Fsp3) is 0.300. The molecule has 0 radical (unpaired) electrons. The van der Waals surface area contributed by atoms with E-state index in [9.17, 15) is 14.4 Å². The number of fused-ring (bicyclic) bond motifs is 1. The molecular formula is C20H18ClN3O3S. The topological polar surface area (TPSA) is 78.5 Å². The summed E-state index contributed by atoms with van der Waals surface area (Å²) in [6, 6.07) is 4.77. The van der Waals surface area contributed by atoms with Gasteiger partial charge in [-0.25, -0.2) is 0 Å². The maximum absolute atomic E-state index is 13.1. The van der Waals surface area contributed by atoms with Crippen molar-refractivity contribution in [3.05, 3.63) is 52.1 Å². The summed E-state index contributed by atoms with van der Waals surface area (Å²) in [6.45, 7) is 1.53. The Balaban J connectivity index is 1.63. The second kappa shape index (κ2) is 7.58. The van der Waals surface area contributed by atoms with E-state index < -0.39 is 5.91 Å². The van der Waals surface area contributed by atoms with Gasteiger partial charge in [-0.15, -0.1) is 0 Å². The molecule has 144 valence electrons. The molecule has 0 atom stereocenters. The van der Waals surface area contributed by atoms with Crippen LogP contribution in [-0.4, -0.2) is 46.6 Å². The largest absolute Gasteiger partial charge is 0.321 e. The molecule has 1 aromatic carbocycles. The van der Waals surface area contributed by atoms with E-state index in [-0.39, 0.29) is 23.4 Å². The summed E-state index contributed by atoms with van der Waals surface area (Å²) in [7, 11) is 0. The number of nitrogens with one attached hydrogen (secondary N) is 2. The Morgan fingerprint density at radius 3 is 2.71 bits per heavy atom. The molecule has 0 bridgehead atoms. The van der Waals surface area contributed by atoms with Crippen molar-refractivity contribution in [1.29, 1.82) is 0 Å². The van der Waals surface area contributed by atoms with Gasteiger partial charge in [0.25, 0.3) is 17.7 Å². The summed E-state index contributed by atoms with van der Waals surface area (Å²) in [6.07, 6.45) is 5.11. The molecule has 0 spiro atoms. The summed E-state index contributed by atoms with van der Waals surface area (Å²) < 4.78 is 0. The lowest BCUT2D eigenvalue weighted by atomic mass is 10.0. The molecule has 3 amide bonds. The number of benzene rings is 1. The van der Waals surface area contributed by atoms with E-state index in [1.807, 2.05) is 0 Å². The Bertz CT molecular complexity index is 963. The van der Waals surface area contributed by atoms with Crippen molar-refractivity contribution >= 4 is 52.1 Å². The van der Waals surface area contributed by atoms with Gasteiger partial charge in [0.1, 0.15) is 0 Å². The van der Waals surface area contributed by atoms with Crippen LogP contribution in [0.15, 0.2) is 41.0 Å². The Labute approximate surface area is 172 Å². The van der Waals surface area contributed by atoms with Crippen LogP contribution in [0.3, 0.4) is 0 Å². The van der Waals surface area contributed by atoms with Crippen LogP contribution in [0.5, 0.6) is 0 Å². The van der Waals surface area contributed by atoms with E-state index in [1.54, 1.807) is 24.3 Å². The summed E-state index contributed by atoms with van der Waals surface area (Å²) in [5.74, 6) is -1.10. The van der Waals surface area contributed by atoms with E-state index in [4.69, 9.17) is 23.8 Å². The van der Waals surface area contributed by atoms with Gasteiger partial charge in [0, 0.05) is 22.4 Å². The number of carbonyl (C=O) groups is 3. The first kappa shape index (κ1) is 19.0. The average molecular weight is 416 g/mol. The molecule has 0 aromatic heterocycles. The van der Waals surface area contributed by atoms with Crippen LogP contribution >= 0.6 is 23.8 Å². The minimum Gasteiger partial charge on any atom is -0.321 e. The van der Waals surface area contributed by atoms with Crippen LogP contribution < -0.4 is 10.6 Å². The van der Waals surface area contributed by atoms with Crippen molar-refractivity contribution < 1.29 is 14.4 Å². The van der Waals surface area contributed by atoms with Crippen molar-refractivity contribution in [1.82, 2.24) is 10.2 Å². The van der Waals surface area contributed by atoms with Gasteiger partial charge in [0.15, 0.2) is 0 Å². The minimum atomic E-state index is -0.440. The molecule has 0 saturated carbocycles. The van der Waals surface area contributed by atoms with E-state index in [0.717, 1.165) is 25.9 Å². The van der Waals surface area contributed by atoms with E-state index in [0.29, 0.717) is 33.1 Å². The number of allylic oxidation sites excluding steroid dienone is 3. The molecule has 3 aliphatic rings. The SMILES string of the molecule is O=C(Nc1cccc2c1C(=O)N(C1CCNCC1)C2=O)C1=CC(Cl)=CCC1=S. The number of amides is 3. The molecule has 28 heavy (non-hydrogen) atoms. The predicted octanol–water partition coefficient (Wildman–Crippen LogP) is 2.80. The highest BCUT2D eigenvalue weighted by Crippen LogP contribution is 2.33. The third-order valence-corrected chi connectivity index (χ3v) is 5.83. The number of thiocarbonyl (C=S) groups is 1. The van der Waals surface area contributed by atoms with Gasteiger partial charge in [-0.1, -0.05) is 36.0 Å². The number of hydrogen-bond donors (Lipinski definition) is 2. The number of nitrogens with zero attached hydrogens (tertiary/aromatic N) is 1. The Morgan fingerprint density at radius 2 is 1.96 bits per heavy atom. The zero-order chi connectivity index (χ0) is 19.8. The van der Waals surface area contributed by atoms with Crippen LogP contribution in [0.25, 0.3) is 0 Å². The van der Waals surface area contributed by atoms with Gasteiger partial charge >= 0.3 is 0 Å². The van der Waals surface area contributed by atoms with Crippen LogP contribution in [0.4, 0.5) is 5.69 Å². The number of anilines is 1. The van der Waals surface area contributed by atoms with Crippen molar-refractivity contribution in [2.24, 2.45) is 0 Å². The van der Waals surface area contributed by atoms with Gasteiger partial charge in [-0.05, 0) is 44.1 Å². The molecule has 1 aromatic rings. The lowest BCUT2D eigenvalue weighted by Crippen LogP contribution is -2.45. The Kier molecular flexibility index (Phi) is 5.14. The third-order valence-electron chi connectivity index (χ3n) is 5.18. The highest BCUT2D eigenvalue weighted by atomic mass is 35.5. The van der Waals surface area contributed by atoms with E-state index in [1.165, 1.54) is 11.0 Å². The molecule has 4 rings (SSSR count). The summed E-state index contributed by atoms with van der Waals surface area (Å²) in [4.78, 5) is 40.5. The van der Waals surface area contributed by atoms with Crippen LogP contribution in [0.2, 0.25) is 0 Å². The molecular weight excluding hydrogens is 398 g/mol. The Morgan fingerprint density at radius 1 is 1.21 bits per heavy atom. The molecule has 6 nitrogen and oxygen atoms in total. The molecule has 2 heterocycles. The minimum absolute atomic E-state index is 0.130. The molecule has 2 N–H and O–H groups in total. The fourth-order valence-corrected chi connectivity index (χ4v) is 4.18. The highest BCUT2D eigenvalue weighted by molar-refractivity contribution is 7.81. The van der Waals surface area contributed by atoms with Gasteiger partial charge < -0.3 is 10.6 Å². The Hall–Kier alpha value is -2.35. The molecule has 1 fully saturated rings. The summed E-state index contributed by atoms with van der Waals surface area (Å²) >= 11 is 11.2. The second-order valence-electron chi connectivity index (χ2n) is 6.92. The highest BCUT2D eigenvalue weighted by Gasteiger charge is 2.42. The molecule has 1 aliphatic carbocycles. The molecule has 1 saturated heterocycles. The summed E-state index contributed by atoms with van der Waals surface area (Å²) in [5.41, 5.74) is 1.17.